The van der Waals surface area contributed by atoms with Gasteiger partial charge in [-0.15, -0.1) is 0 Å². The van der Waals surface area contributed by atoms with Crippen molar-refractivity contribution in [2.45, 2.75) is 0 Å². The van der Waals surface area contributed by atoms with Gasteiger partial charge in [-0.3, -0.25) is 0 Å². The van der Waals surface area contributed by atoms with E-state index in [0.717, 1.165) is 28.2 Å². The van der Waals surface area contributed by atoms with E-state index < -0.39 is 5.97 Å². The molecule has 0 saturated heterocycles. The molecule has 0 aliphatic rings. The lowest BCUT2D eigenvalue weighted by molar-refractivity contribution is -0.132. The molecule has 0 amide bonds. The number of benzene rings is 4. The van der Waals surface area contributed by atoms with Crippen LogP contribution in [0.1, 0.15) is 16.7 Å². The topological polar surface area (TPSA) is 64.3 Å². The molecule has 0 aromatic heterocycles. The van der Waals surface area contributed by atoms with Crippen LogP contribution in [0.4, 0.5) is 17.1 Å². The third-order valence-electron chi connectivity index (χ3n) is 5.32. The number of rotatable bonds is 7. The summed E-state index contributed by atoms with van der Waals surface area (Å²) in [6.45, 7) is 0. The number of hydrogen-bond acceptors (Lipinski definition) is 3. The van der Waals surface area contributed by atoms with Crippen molar-refractivity contribution in [3.8, 4) is 6.07 Å². The van der Waals surface area contributed by atoms with Crippen molar-refractivity contribution >= 4 is 52.9 Å². The number of para-hydroxylation sites is 2. The number of nitriles is 1. The van der Waals surface area contributed by atoms with E-state index in [9.17, 15) is 4.79 Å². The molecule has 0 fully saturated rings. The van der Waals surface area contributed by atoms with E-state index in [1.165, 1.54) is 6.08 Å². The van der Waals surface area contributed by atoms with Crippen LogP contribution < -0.4 is 4.90 Å². The molecule has 35 heavy (non-hydrogen) atoms. The second-order valence-corrected chi connectivity index (χ2v) is 8.09. The largest absolute Gasteiger partial charge is 0.477 e. The molecule has 170 valence electrons. The predicted molar refractivity (Wildman–Crippen MR) is 143 cm³/mol. The van der Waals surface area contributed by atoms with Gasteiger partial charge >= 0.3 is 5.97 Å². The van der Waals surface area contributed by atoms with Crippen LogP contribution in [0, 0.1) is 11.3 Å². The first-order valence-electron chi connectivity index (χ1n) is 10.9. The molecule has 4 nitrogen and oxygen atoms in total. The minimum absolute atomic E-state index is 0.365. The molecule has 0 aliphatic heterocycles. The third-order valence-corrected chi connectivity index (χ3v) is 5.65. The van der Waals surface area contributed by atoms with Gasteiger partial charge in [0.15, 0.2) is 0 Å². The van der Waals surface area contributed by atoms with Crippen LogP contribution in [-0.4, -0.2) is 11.1 Å². The van der Waals surface area contributed by atoms with E-state index in [1.54, 1.807) is 18.2 Å². The molecule has 0 spiro atoms. The Bertz CT molecular complexity index is 1380. The van der Waals surface area contributed by atoms with Crippen LogP contribution in [0.5, 0.6) is 0 Å². The lowest BCUT2D eigenvalue weighted by Gasteiger charge is -2.25. The van der Waals surface area contributed by atoms with E-state index in [-0.39, 0.29) is 5.57 Å². The Kier molecular flexibility index (Phi) is 7.42. The highest BCUT2D eigenvalue weighted by Gasteiger charge is 2.11. The fourth-order valence-corrected chi connectivity index (χ4v) is 3.83. The van der Waals surface area contributed by atoms with E-state index in [0.29, 0.717) is 10.6 Å². The van der Waals surface area contributed by atoms with E-state index in [2.05, 4.69) is 53.4 Å². The molecule has 0 atom stereocenters. The number of carboxylic acid groups (broad SMARTS) is 1. The average Bonchev–Trinajstić information content (AvgIpc) is 2.89. The molecule has 4 aromatic rings. The summed E-state index contributed by atoms with van der Waals surface area (Å²) >= 11 is 6.30. The summed E-state index contributed by atoms with van der Waals surface area (Å²) in [5.41, 5.74) is 5.20. The maximum absolute atomic E-state index is 11.1. The molecule has 0 bridgehead atoms. The SMILES string of the molecule is N#C/C(=C\c1ccc(/C=C/c2ccc(N(c3ccccc3)c3ccccc3)cc2)cc1Cl)C(=O)O. The van der Waals surface area contributed by atoms with Crippen LogP contribution in [-0.2, 0) is 4.79 Å². The first-order valence-corrected chi connectivity index (χ1v) is 11.3. The molecule has 0 saturated carbocycles. The van der Waals surface area contributed by atoms with Crippen molar-refractivity contribution in [1.29, 1.82) is 5.26 Å². The molecule has 0 radical (unpaired) electrons. The fraction of sp³-hybridized carbons (Fsp3) is 0. The van der Waals surface area contributed by atoms with Crippen LogP contribution in [0.25, 0.3) is 18.2 Å². The summed E-state index contributed by atoms with van der Waals surface area (Å²) < 4.78 is 0. The summed E-state index contributed by atoms with van der Waals surface area (Å²) in [6, 6.07) is 35.6. The Morgan fingerprint density at radius 3 is 1.80 bits per heavy atom. The van der Waals surface area contributed by atoms with E-state index >= 15 is 0 Å². The van der Waals surface area contributed by atoms with Crippen molar-refractivity contribution in [2.75, 3.05) is 4.90 Å². The van der Waals surface area contributed by atoms with Crippen molar-refractivity contribution in [1.82, 2.24) is 0 Å². The van der Waals surface area contributed by atoms with Crippen molar-refractivity contribution in [3.05, 3.63) is 130 Å². The molecule has 4 aromatic carbocycles. The Hall–Kier alpha value is -4.59. The zero-order chi connectivity index (χ0) is 24.6. The van der Waals surface area contributed by atoms with Gasteiger partial charge in [-0.1, -0.05) is 84.4 Å². The van der Waals surface area contributed by atoms with Crippen LogP contribution in [0.15, 0.2) is 109 Å². The van der Waals surface area contributed by atoms with Gasteiger partial charge in [0, 0.05) is 22.1 Å². The monoisotopic (exact) mass is 476 g/mol. The fourth-order valence-electron chi connectivity index (χ4n) is 3.59. The molecule has 0 unspecified atom stereocenters. The van der Waals surface area contributed by atoms with Gasteiger partial charge in [0.2, 0.25) is 0 Å². The number of hydrogen-bond donors (Lipinski definition) is 1. The van der Waals surface area contributed by atoms with Gasteiger partial charge in [-0.25, -0.2) is 4.79 Å². The zero-order valence-corrected chi connectivity index (χ0v) is 19.4. The Morgan fingerprint density at radius 1 is 0.771 bits per heavy atom. The van der Waals surface area contributed by atoms with Gasteiger partial charge in [0.25, 0.3) is 0 Å². The quantitative estimate of drug-likeness (QED) is 0.167. The minimum atomic E-state index is -1.28. The molecule has 0 heterocycles. The highest BCUT2D eigenvalue weighted by Crippen LogP contribution is 2.34. The highest BCUT2D eigenvalue weighted by molar-refractivity contribution is 6.32. The van der Waals surface area contributed by atoms with Crippen molar-refractivity contribution in [3.63, 3.8) is 0 Å². The predicted octanol–water partition coefficient (Wildman–Crippen LogP) is 7.97. The summed E-state index contributed by atoms with van der Waals surface area (Å²) in [5.74, 6) is -1.28. The van der Waals surface area contributed by atoms with Gasteiger partial charge in [-0.05, 0) is 65.2 Å². The smallest absolute Gasteiger partial charge is 0.346 e. The Labute approximate surface area is 209 Å². The summed E-state index contributed by atoms with van der Waals surface area (Å²) in [5, 5.41) is 18.3. The summed E-state index contributed by atoms with van der Waals surface area (Å²) in [4.78, 5) is 13.3. The summed E-state index contributed by atoms with van der Waals surface area (Å²) in [7, 11) is 0. The lowest BCUT2D eigenvalue weighted by atomic mass is 10.1. The number of halogens is 1. The Morgan fingerprint density at radius 2 is 1.29 bits per heavy atom. The maximum Gasteiger partial charge on any atom is 0.346 e. The third kappa shape index (κ3) is 5.86. The zero-order valence-electron chi connectivity index (χ0n) is 18.7. The standard InChI is InChI=1S/C30H21ClN2O2/c31-29-19-23(13-16-24(29)20-25(21-32)30(34)35)12-11-22-14-17-28(18-15-22)33(26-7-3-1-4-8-26)27-9-5-2-6-10-27/h1-20H,(H,34,35)/b12-11+,25-20+. The van der Waals surface area contributed by atoms with E-state index in [1.807, 2.05) is 54.6 Å². The molecule has 0 aliphatic carbocycles. The minimum Gasteiger partial charge on any atom is -0.477 e. The van der Waals surface area contributed by atoms with Gasteiger partial charge < -0.3 is 10.0 Å². The van der Waals surface area contributed by atoms with E-state index in [4.69, 9.17) is 22.0 Å². The van der Waals surface area contributed by atoms with Crippen LogP contribution >= 0.6 is 11.6 Å². The molecule has 5 heteroatoms. The van der Waals surface area contributed by atoms with Crippen LogP contribution in [0.3, 0.4) is 0 Å². The first-order chi connectivity index (χ1) is 17.0. The Balaban J connectivity index is 1.56. The number of aliphatic carboxylic acids is 1. The maximum atomic E-state index is 11.1. The number of carboxylic acids is 1. The molecular weight excluding hydrogens is 456 g/mol. The van der Waals surface area contributed by atoms with Crippen molar-refractivity contribution < 1.29 is 9.90 Å². The van der Waals surface area contributed by atoms with Gasteiger partial charge in [0.05, 0.1) is 0 Å². The lowest BCUT2D eigenvalue weighted by Crippen LogP contribution is -2.09. The normalized spacial score (nSPS) is 11.3. The molecule has 4 rings (SSSR count). The van der Waals surface area contributed by atoms with Gasteiger partial charge in [0.1, 0.15) is 11.6 Å². The summed E-state index contributed by atoms with van der Waals surface area (Å²) in [6.07, 6.45) is 5.18. The number of nitrogens with zero attached hydrogens (tertiary/aromatic N) is 2. The average molecular weight is 477 g/mol. The van der Waals surface area contributed by atoms with Crippen LogP contribution in [0.2, 0.25) is 5.02 Å². The first kappa shape index (κ1) is 23.6. The number of anilines is 3. The molecular formula is C30H21ClN2O2. The van der Waals surface area contributed by atoms with Crippen molar-refractivity contribution in [2.24, 2.45) is 0 Å². The van der Waals surface area contributed by atoms with Gasteiger partial charge in [-0.2, -0.15) is 5.26 Å². The highest BCUT2D eigenvalue weighted by atomic mass is 35.5. The molecule has 1 N–H and O–H groups in total. The second kappa shape index (κ2) is 11.0. The second-order valence-electron chi connectivity index (χ2n) is 7.69. The number of carbonyl (C=O) groups is 1.